The lowest BCUT2D eigenvalue weighted by atomic mass is 10.2. The van der Waals surface area contributed by atoms with Gasteiger partial charge in [0.05, 0.1) is 11.8 Å². The molecule has 0 saturated carbocycles. The maximum Gasteiger partial charge on any atom is 0.265 e. The molecule has 0 atom stereocenters. The van der Waals surface area contributed by atoms with E-state index in [4.69, 9.17) is 11.6 Å². The molecule has 3 aromatic rings. The molecule has 2 amide bonds. The fourth-order valence-electron chi connectivity index (χ4n) is 3.50. The quantitative estimate of drug-likeness (QED) is 0.592. The average Bonchev–Trinajstić information content (AvgIpc) is 3.30. The minimum atomic E-state index is -0.528. The van der Waals surface area contributed by atoms with Gasteiger partial charge in [-0.1, -0.05) is 35.9 Å². The number of piperazine rings is 1. The fraction of sp³-hybridized carbons (Fsp3) is 0.261. The number of nitrogens with zero attached hydrogens (tertiary/aromatic N) is 3. The predicted molar refractivity (Wildman–Crippen MR) is 124 cm³/mol. The topological polar surface area (TPSA) is 65.5 Å². The van der Waals surface area contributed by atoms with Crippen molar-refractivity contribution in [2.45, 2.75) is 0 Å². The number of aromatic nitrogens is 1. The summed E-state index contributed by atoms with van der Waals surface area (Å²) in [6.45, 7) is 3.70. The third kappa shape index (κ3) is 5.32. The molecule has 0 spiro atoms. The van der Waals surface area contributed by atoms with Crippen molar-refractivity contribution in [3.05, 3.63) is 76.0 Å². The van der Waals surface area contributed by atoms with Crippen LogP contribution < -0.4 is 5.32 Å². The second-order valence-corrected chi connectivity index (χ2v) is 8.87. The van der Waals surface area contributed by atoms with E-state index in [9.17, 15) is 14.0 Å². The Kier molecular flexibility index (Phi) is 7.14. The van der Waals surface area contributed by atoms with Gasteiger partial charge >= 0.3 is 0 Å². The zero-order valence-electron chi connectivity index (χ0n) is 17.3. The number of nitrogens with one attached hydrogen (secondary N) is 1. The Morgan fingerprint density at radius 2 is 1.78 bits per heavy atom. The Hall–Kier alpha value is -2.81. The van der Waals surface area contributed by atoms with Crippen LogP contribution in [0, 0.1) is 5.82 Å². The molecular formula is C23H22ClFN4O2S. The van der Waals surface area contributed by atoms with Crippen molar-refractivity contribution in [2.24, 2.45) is 0 Å². The highest BCUT2D eigenvalue weighted by Gasteiger charge is 2.24. The van der Waals surface area contributed by atoms with Crippen LogP contribution in [0.3, 0.4) is 0 Å². The van der Waals surface area contributed by atoms with Crippen molar-refractivity contribution in [1.82, 2.24) is 20.1 Å². The van der Waals surface area contributed by atoms with E-state index in [2.05, 4.69) is 15.2 Å². The maximum atomic E-state index is 13.7. The molecule has 2 heterocycles. The third-order valence-electron chi connectivity index (χ3n) is 5.30. The standard InChI is InChI=1S/C23H22ClFN4O2S/c24-17-7-5-16(6-8-17)22-27-15-20(32-22)23(31)29-13-11-28(12-14-29)10-9-26-21(30)18-3-1-2-4-19(18)25/h1-8,15H,9-14H2,(H,26,30). The Labute approximate surface area is 194 Å². The summed E-state index contributed by atoms with van der Waals surface area (Å²) >= 11 is 7.31. The largest absolute Gasteiger partial charge is 0.351 e. The molecule has 0 radical (unpaired) electrons. The number of carbonyl (C=O) groups excluding carboxylic acids is 2. The van der Waals surface area contributed by atoms with Crippen LogP contribution in [0.2, 0.25) is 5.02 Å². The first-order valence-corrected chi connectivity index (χ1v) is 11.5. The number of carbonyl (C=O) groups is 2. The molecule has 1 saturated heterocycles. The summed E-state index contributed by atoms with van der Waals surface area (Å²) in [5.41, 5.74) is 0.978. The van der Waals surface area contributed by atoms with Gasteiger partial charge in [0.2, 0.25) is 0 Å². The summed E-state index contributed by atoms with van der Waals surface area (Å²) in [7, 11) is 0. The predicted octanol–water partition coefficient (Wildman–Crippen LogP) is 3.79. The number of hydrogen-bond donors (Lipinski definition) is 1. The molecule has 1 aromatic heterocycles. The normalized spacial score (nSPS) is 14.4. The van der Waals surface area contributed by atoms with Crippen LogP contribution in [-0.4, -0.2) is 65.9 Å². The van der Waals surface area contributed by atoms with Gasteiger partial charge in [-0.05, 0) is 24.3 Å². The SMILES string of the molecule is O=C(NCCN1CCN(C(=O)c2cnc(-c3ccc(Cl)cc3)s2)CC1)c1ccccc1F. The highest BCUT2D eigenvalue weighted by molar-refractivity contribution is 7.16. The van der Waals surface area contributed by atoms with Crippen LogP contribution in [0.5, 0.6) is 0 Å². The molecular weight excluding hydrogens is 451 g/mol. The van der Waals surface area contributed by atoms with E-state index in [-0.39, 0.29) is 11.5 Å². The van der Waals surface area contributed by atoms with Crippen LogP contribution >= 0.6 is 22.9 Å². The van der Waals surface area contributed by atoms with E-state index in [0.29, 0.717) is 49.2 Å². The first-order valence-electron chi connectivity index (χ1n) is 10.3. The molecule has 1 fully saturated rings. The number of amides is 2. The van der Waals surface area contributed by atoms with Gasteiger partial charge in [-0.3, -0.25) is 14.5 Å². The summed E-state index contributed by atoms with van der Waals surface area (Å²) in [5, 5.41) is 4.20. The Bertz CT molecular complexity index is 1100. The Morgan fingerprint density at radius 1 is 1.06 bits per heavy atom. The van der Waals surface area contributed by atoms with Gasteiger partial charge in [0, 0.05) is 49.9 Å². The van der Waals surface area contributed by atoms with Crippen LogP contribution in [-0.2, 0) is 0 Å². The number of hydrogen-bond acceptors (Lipinski definition) is 5. The molecule has 4 rings (SSSR count). The zero-order chi connectivity index (χ0) is 22.5. The number of rotatable bonds is 6. The summed E-state index contributed by atoms with van der Waals surface area (Å²) in [6.07, 6.45) is 1.63. The van der Waals surface area contributed by atoms with E-state index in [1.807, 2.05) is 17.0 Å². The molecule has 1 aliphatic heterocycles. The van der Waals surface area contributed by atoms with Gasteiger partial charge in [0.15, 0.2) is 0 Å². The van der Waals surface area contributed by atoms with Gasteiger partial charge in [-0.15, -0.1) is 11.3 Å². The summed E-state index contributed by atoms with van der Waals surface area (Å²) in [5.74, 6) is -0.965. The lowest BCUT2D eigenvalue weighted by Crippen LogP contribution is -2.50. The minimum Gasteiger partial charge on any atom is -0.351 e. The van der Waals surface area contributed by atoms with Crippen LogP contribution in [0.4, 0.5) is 4.39 Å². The van der Waals surface area contributed by atoms with Crippen molar-refractivity contribution in [2.75, 3.05) is 39.3 Å². The van der Waals surface area contributed by atoms with Crippen LogP contribution in [0.1, 0.15) is 20.0 Å². The highest BCUT2D eigenvalue weighted by Crippen LogP contribution is 2.27. The van der Waals surface area contributed by atoms with Crippen molar-refractivity contribution in [3.8, 4) is 10.6 Å². The van der Waals surface area contributed by atoms with E-state index >= 15 is 0 Å². The van der Waals surface area contributed by atoms with E-state index in [1.54, 1.807) is 30.5 Å². The maximum absolute atomic E-state index is 13.7. The van der Waals surface area contributed by atoms with Gasteiger partial charge in [0.1, 0.15) is 15.7 Å². The van der Waals surface area contributed by atoms with Gasteiger partial charge < -0.3 is 10.2 Å². The van der Waals surface area contributed by atoms with Gasteiger partial charge in [-0.2, -0.15) is 0 Å². The molecule has 0 bridgehead atoms. The van der Waals surface area contributed by atoms with Crippen molar-refractivity contribution in [3.63, 3.8) is 0 Å². The minimum absolute atomic E-state index is 0.0183. The number of thiazole rings is 1. The molecule has 6 nitrogen and oxygen atoms in total. The van der Waals surface area contributed by atoms with E-state index in [1.165, 1.54) is 23.5 Å². The van der Waals surface area contributed by atoms with Crippen LogP contribution in [0.15, 0.2) is 54.7 Å². The van der Waals surface area contributed by atoms with Crippen molar-refractivity contribution in [1.29, 1.82) is 0 Å². The molecule has 32 heavy (non-hydrogen) atoms. The first-order chi connectivity index (χ1) is 15.5. The molecule has 9 heteroatoms. The monoisotopic (exact) mass is 472 g/mol. The number of halogens is 2. The van der Waals surface area contributed by atoms with E-state index in [0.717, 1.165) is 10.6 Å². The lowest BCUT2D eigenvalue weighted by molar-refractivity contribution is 0.0642. The first kappa shape index (κ1) is 22.4. The molecule has 166 valence electrons. The zero-order valence-corrected chi connectivity index (χ0v) is 18.8. The number of benzene rings is 2. The second kappa shape index (κ2) is 10.2. The Balaban J connectivity index is 1.24. The molecule has 0 aliphatic carbocycles. The smallest absolute Gasteiger partial charge is 0.265 e. The molecule has 1 N–H and O–H groups in total. The lowest BCUT2D eigenvalue weighted by Gasteiger charge is -2.34. The second-order valence-electron chi connectivity index (χ2n) is 7.41. The summed E-state index contributed by atoms with van der Waals surface area (Å²) in [4.78, 5) is 34.0. The molecule has 1 aliphatic rings. The molecule has 0 unspecified atom stereocenters. The average molecular weight is 473 g/mol. The fourth-order valence-corrected chi connectivity index (χ4v) is 4.51. The van der Waals surface area contributed by atoms with Gasteiger partial charge in [0.25, 0.3) is 11.8 Å². The molecule has 2 aromatic carbocycles. The highest BCUT2D eigenvalue weighted by atomic mass is 35.5. The summed E-state index contributed by atoms with van der Waals surface area (Å²) in [6, 6.07) is 13.3. The van der Waals surface area contributed by atoms with Crippen molar-refractivity contribution < 1.29 is 14.0 Å². The Morgan fingerprint density at radius 3 is 2.50 bits per heavy atom. The van der Waals surface area contributed by atoms with Gasteiger partial charge in [-0.25, -0.2) is 9.37 Å². The van der Waals surface area contributed by atoms with Crippen molar-refractivity contribution >= 4 is 34.8 Å². The third-order valence-corrected chi connectivity index (χ3v) is 6.59. The van der Waals surface area contributed by atoms with Crippen LogP contribution in [0.25, 0.3) is 10.6 Å². The van der Waals surface area contributed by atoms with E-state index < -0.39 is 11.7 Å². The summed E-state index contributed by atoms with van der Waals surface area (Å²) < 4.78 is 13.7.